The van der Waals surface area contributed by atoms with E-state index in [1.165, 1.54) is 5.39 Å². The maximum absolute atomic E-state index is 12.6. The van der Waals surface area contributed by atoms with Crippen LogP contribution < -0.4 is 0 Å². The largest absolute Gasteiger partial charge is 0.341 e. The summed E-state index contributed by atoms with van der Waals surface area (Å²) >= 11 is 0. The zero-order chi connectivity index (χ0) is 16.2. The van der Waals surface area contributed by atoms with Crippen LogP contribution in [0.5, 0.6) is 0 Å². The summed E-state index contributed by atoms with van der Waals surface area (Å²) in [7, 11) is 0. The van der Waals surface area contributed by atoms with E-state index in [2.05, 4.69) is 24.3 Å². The topological polar surface area (TPSA) is 40.6 Å². The minimum Gasteiger partial charge on any atom is -0.341 e. The monoisotopic (exact) mass is 310 g/mol. The summed E-state index contributed by atoms with van der Waals surface area (Å²) in [5.74, 6) is 0.250. The van der Waals surface area contributed by atoms with Crippen molar-refractivity contribution in [1.82, 2.24) is 9.80 Å². The number of amides is 2. The predicted octanol–water partition coefficient (Wildman–Crippen LogP) is 2.46. The normalized spacial score (nSPS) is 15.8. The highest BCUT2D eigenvalue weighted by molar-refractivity contribution is 5.86. The smallest absolute Gasteiger partial charge is 0.227 e. The number of rotatable bonds is 3. The Morgan fingerprint density at radius 2 is 1.83 bits per heavy atom. The van der Waals surface area contributed by atoms with Crippen molar-refractivity contribution in [2.24, 2.45) is 0 Å². The van der Waals surface area contributed by atoms with Gasteiger partial charge in [0.05, 0.1) is 6.42 Å². The van der Waals surface area contributed by atoms with Crippen LogP contribution >= 0.6 is 0 Å². The molecule has 1 fully saturated rings. The van der Waals surface area contributed by atoms with Crippen molar-refractivity contribution in [2.75, 3.05) is 26.2 Å². The van der Waals surface area contributed by atoms with Gasteiger partial charge in [-0.15, -0.1) is 0 Å². The molecule has 2 amide bonds. The molecule has 1 aliphatic rings. The van der Waals surface area contributed by atoms with Gasteiger partial charge in [0, 0.05) is 32.6 Å². The highest BCUT2D eigenvalue weighted by Crippen LogP contribution is 2.17. The molecular formula is C19H22N2O2. The standard InChI is InChI=1S/C19H22N2O2/c1-2-20-11-12-21(10-9-18(20)22)19(23)14-15-7-8-16-5-3-4-6-17(16)13-15/h3-8,13H,2,9-12,14H2,1H3. The van der Waals surface area contributed by atoms with Gasteiger partial charge in [-0.3, -0.25) is 9.59 Å². The van der Waals surface area contributed by atoms with Gasteiger partial charge in [-0.25, -0.2) is 0 Å². The molecular weight excluding hydrogens is 288 g/mol. The highest BCUT2D eigenvalue weighted by Gasteiger charge is 2.22. The predicted molar refractivity (Wildman–Crippen MR) is 91.1 cm³/mol. The molecule has 1 heterocycles. The van der Waals surface area contributed by atoms with Gasteiger partial charge < -0.3 is 9.80 Å². The van der Waals surface area contributed by atoms with Gasteiger partial charge >= 0.3 is 0 Å². The third kappa shape index (κ3) is 3.52. The molecule has 0 atom stereocenters. The van der Waals surface area contributed by atoms with E-state index < -0.39 is 0 Å². The van der Waals surface area contributed by atoms with Crippen molar-refractivity contribution in [3.05, 3.63) is 48.0 Å². The highest BCUT2D eigenvalue weighted by atomic mass is 16.2. The lowest BCUT2D eigenvalue weighted by molar-refractivity contribution is -0.130. The van der Waals surface area contributed by atoms with E-state index >= 15 is 0 Å². The Morgan fingerprint density at radius 3 is 2.61 bits per heavy atom. The van der Waals surface area contributed by atoms with Crippen LogP contribution in [-0.2, 0) is 16.0 Å². The summed E-state index contributed by atoms with van der Waals surface area (Å²) < 4.78 is 0. The summed E-state index contributed by atoms with van der Waals surface area (Å²) in [6.45, 7) is 4.49. The Kier molecular flexibility index (Phi) is 4.60. The zero-order valence-electron chi connectivity index (χ0n) is 13.5. The molecule has 0 aromatic heterocycles. The second-order valence-corrected chi connectivity index (χ2v) is 5.96. The second kappa shape index (κ2) is 6.82. The number of fused-ring (bicyclic) bond motifs is 1. The number of benzene rings is 2. The zero-order valence-corrected chi connectivity index (χ0v) is 13.5. The van der Waals surface area contributed by atoms with Gasteiger partial charge in [-0.2, -0.15) is 0 Å². The van der Waals surface area contributed by atoms with Gasteiger partial charge in [0.15, 0.2) is 0 Å². The van der Waals surface area contributed by atoms with Gasteiger partial charge in [-0.05, 0) is 23.3 Å². The SMILES string of the molecule is CCN1CCN(C(=O)Cc2ccc3ccccc3c2)CCC1=O. The lowest BCUT2D eigenvalue weighted by Crippen LogP contribution is -2.36. The first kappa shape index (κ1) is 15.5. The minimum atomic E-state index is 0.103. The molecule has 0 aliphatic carbocycles. The van der Waals surface area contributed by atoms with Crippen LogP contribution in [0.25, 0.3) is 10.8 Å². The number of nitrogens with zero attached hydrogens (tertiary/aromatic N) is 2. The molecule has 2 aromatic carbocycles. The van der Waals surface area contributed by atoms with Crippen LogP contribution in [0.4, 0.5) is 0 Å². The summed E-state index contributed by atoms with van der Waals surface area (Å²) in [6, 6.07) is 14.3. The average molecular weight is 310 g/mol. The molecule has 0 radical (unpaired) electrons. The van der Waals surface area contributed by atoms with Crippen LogP contribution in [0.2, 0.25) is 0 Å². The molecule has 120 valence electrons. The second-order valence-electron chi connectivity index (χ2n) is 5.96. The summed E-state index contributed by atoms with van der Waals surface area (Å²) in [5.41, 5.74) is 1.02. The fraction of sp³-hybridized carbons (Fsp3) is 0.368. The van der Waals surface area contributed by atoms with Crippen LogP contribution in [0.1, 0.15) is 18.9 Å². The molecule has 1 aliphatic heterocycles. The summed E-state index contributed by atoms with van der Waals surface area (Å²) in [4.78, 5) is 28.1. The Bertz CT molecular complexity index is 726. The average Bonchev–Trinajstić information content (AvgIpc) is 2.76. The fourth-order valence-electron chi connectivity index (χ4n) is 3.09. The molecule has 4 nitrogen and oxygen atoms in total. The summed E-state index contributed by atoms with van der Waals surface area (Å²) in [6.07, 6.45) is 0.822. The van der Waals surface area contributed by atoms with Crippen molar-refractivity contribution in [3.63, 3.8) is 0 Å². The van der Waals surface area contributed by atoms with E-state index in [-0.39, 0.29) is 11.8 Å². The van der Waals surface area contributed by atoms with E-state index in [9.17, 15) is 9.59 Å². The first-order valence-electron chi connectivity index (χ1n) is 8.20. The number of carbonyl (C=O) groups excluding carboxylic acids is 2. The van der Waals surface area contributed by atoms with Gasteiger partial charge in [0.25, 0.3) is 0 Å². The first-order valence-corrected chi connectivity index (χ1v) is 8.20. The molecule has 0 N–H and O–H groups in total. The molecule has 23 heavy (non-hydrogen) atoms. The van der Waals surface area contributed by atoms with E-state index in [0.29, 0.717) is 39.0 Å². The summed E-state index contributed by atoms with van der Waals surface area (Å²) in [5, 5.41) is 2.34. The minimum absolute atomic E-state index is 0.103. The lowest BCUT2D eigenvalue weighted by atomic mass is 10.0. The van der Waals surface area contributed by atoms with Gasteiger partial charge in [0.2, 0.25) is 11.8 Å². The maximum atomic E-state index is 12.6. The van der Waals surface area contributed by atoms with Crippen molar-refractivity contribution in [2.45, 2.75) is 19.8 Å². The number of carbonyl (C=O) groups is 2. The van der Waals surface area contributed by atoms with E-state index in [4.69, 9.17) is 0 Å². The third-order valence-corrected chi connectivity index (χ3v) is 4.49. The maximum Gasteiger partial charge on any atom is 0.227 e. The van der Waals surface area contributed by atoms with Gasteiger partial charge in [0.1, 0.15) is 0 Å². The van der Waals surface area contributed by atoms with Crippen LogP contribution in [0, 0.1) is 0 Å². The van der Waals surface area contributed by atoms with E-state index in [1.807, 2.05) is 34.9 Å². The molecule has 2 aromatic rings. The fourth-order valence-corrected chi connectivity index (χ4v) is 3.09. The number of hydrogen-bond acceptors (Lipinski definition) is 2. The number of likely N-dealkylation sites (N-methyl/N-ethyl adjacent to an activating group) is 1. The molecule has 0 spiro atoms. The molecule has 0 bridgehead atoms. The Labute approximate surface area is 136 Å². The first-order chi connectivity index (χ1) is 11.2. The molecule has 0 saturated carbocycles. The number of hydrogen-bond donors (Lipinski definition) is 0. The molecule has 3 rings (SSSR count). The Hall–Kier alpha value is -2.36. The third-order valence-electron chi connectivity index (χ3n) is 4.49. The van der Waals surface area contributed by atoms with Crippen molar-refractivity contribution in [1.29, 1.82) is 0 Å². The van der Waals surface area contributed by atoms with Crippen molar-refractivity contribution >= 4 is 22.6 Å². The lowest BCUT2D eigenvalue weighted by Gasteiger charge is -2.21. The molecule has 0 unspecified atom stereocenters. The van der Waals surface area contributed by atoms with Crippen LogP contribution in [0.15, 0.2) is 42.5 Å². The quantitative estimate of drug-likeness (QED) is 0.874. The van der Waals surface area contributed by atoms with Crippen LogP contribution in [0.3, 0.4) is 0 Å². The Morgan fingerprint density at radius 1 is 1.04 bits per heavy atom. The Balaban J connectivity index is 1.69. The van der Waals surface area contributed by atoms with Crippen molar-refractivity contribution < 1.29 is 9.59 Å². The van der Waals surface area contributed by atoms with E-state index in [0.717, 1.165) is 10.9 Å². The van der Waals surface area contributed by atoms with Crippen molar-refractivity contribution in [3.8, 4) is 0 Å². The molecule has 4 heteroatoms. The van der Waals surface area contributed by atoms with Crippen LogP contribution in [-0.4, -0.2) is 47.8 Å². The van der Waals surface area contributed by atoms with E-state index in [1.54, 1.807) is 0 Å². The molecule has 1 saturated heterocycles. The van der Waals surface area contributed by atoms with Gasteiger partial charge in [-0.1, -0.05) is 42.5 Å².